The summed E-state index contributed by atoms with van der Waals surface area (Å²) in [6, 6.07) is 7.73. The van der Waals surface area contributed by atoms with Gasteiger partial charge in [0.1, 0.15) is 11.6 Å². The summed E-state index contributed by atoms with van der Waals surface area (Å²) in [5.74, 6) is 2.27. The molecule has 3 aromatic rings. The van der Waals surface area contributed by atoms with Gasteiger partial charge in [-0.2, -0.15) is 12.6 Å². The van der Waals surface area contributed by atoms with Crippen molar-refractivity contribution in [1.82, 2.24) is 20.3 Å². The average molecular weight is 338 g/mol. The fraction of sp³-hybridized carbons (Fsp3) is 0.118. The summed E-state index contributed by atoms with van der Waals surface area (Å²) in [5, 5.41) is 13.7. The van der Waals surface area contributed by atoms with Gasteiger partial charge in [0.2, 0.25) is 0 Å². The number of pyridine rings is 2. The van der Waals surface area contributed by atoms with E-state index in [0.717, 1.165) is 39.4 Å². The Labute approximate surface area is 145 Å². The predicted octanol–water partition coefficient (Wildman–Crippen LogP) is 3.34. The molecular formula is C17H18N6S. The van der Waals surface area contributed by atoms with Crippen LogP contribution in [0.25, 0.3) is 16.6 Å². The number of rotatable bonds is 6. The Hall–Kier alpha value is -2.80. The molecule has 24 heavy (non-hydrogen) atoms. The second-order valence-electron chi connectivity index (χ2n) is 5.20. The first kappa shape index (κ1) is 16.1. The Kier molecular flexibility index (Phi) is 4.81. The van der Waals surface area contributed by atoms with E-state index in [-0.39, 0.29) is 0 Å². The normalized spacial score (nSPS) is 11.5. The summed E-state index contributed by atoms with van der Waals surface area (Å²) >= 11 is 4.25. The Bertz CT molecular complexity index is 899. The largest absolute Gasteiger partial charge is 0.393 e. The maximum atomic E-state index is 7.52. The molecule has 0 bridgehead atoms. The molecule has 0 unspecified atom stereocenters. The van der Waals surface area contributed by atoms with Crippen molar-refractivity contribution < 1.29 is 0 Å². The van der Waals surface area contributed by atoms with Gasteiger partial charge in [-0.15, -0.1) is 0 Å². The van der Waals surface area contributed by atoms with Gasteiger partial charge in [0, 0.05) is 48.7 Å². The monoisotopic (exact) mass is 338 g/mol. The third kappa shape index (κ3) is 3.41. The molecular weight excluding hydrogens is 320 g/mol. The van der Waals surface area contributed by atoms with Crippen LogP contribution in [0, 0.1) is 5.41 Å². The molecule has 0 fully saturated rings. The van der Waals surface area contributed by atoms with Gasteiger partial charge in [-0.3, -0.25) is 4.98 Å². The summed E-state index contributed by atoms with van der Waals surface area (Å²) in [4.78, 5) is 12.2. The van der Waals surface area contributed by atoms with Crippen LogP contribution in [-0.2, 0) is 5.75 Å². The summed E-state index contributed by atoms with van der Waals surface area (Å²) in [5.41, 5.74) is 4.27. The third-order valence-corrected chi connectivity index (χ3v) is 3.88. The van der Waals surface area contributed by atoms with Crippen LogP contribution in [-0.4, -0.2) is 28.2 Å². The highest BCUT2D eigenvalue weighted by Crippen LogP contribution is 2.21. The second kappa shape index (κ2) is 7.18. The molecule has 0 spiro atoms. The first-order chi connectivity index (χ1) is 11.7. The van der Waals surface area contributed by atoms with Crippen LogP contribution in [0.2, 0.25) is 0 Å². The molecule has 0 aliphatic rings. The van der Waals surface area contributed by atoms with Crippen LogP contribution in [0.4, 0.5) is 11.6 Å². The standard InChI is InChI=1S/C17H18N6S/c1-19-8-13(6-18)12-5-15-14(20-9-12)2-3-16(22-15)23-17-4-11(10-24)7-21-17/h2-9,18-19,21,24H,10H2,1H3,(H,22,23)/b13-8+,18-6?. The molecule has 7 heteroatoms. The Balaban J connectivity index is 1.93. The van der Waals surface area contributed by atoms with Crippen LogP contribution in [0.5, 0.6) is 0 Å². The van der Waals surface area contributed by atoms with E-state index < -0.39 is 0 Å². The number of allylic oxidation sites excluding steroid dienone is 1. The van der Waals surface area contributed by atoms with E-state index >= 15 is 0 Å². The first-order valence-corrected chi connectivity index (χ1v) is 8.07. The van der Waals surface area contributed by atoms with Crippen molar-refractivity contribution in [3.63, 3.8) is 0 Å². The molecule has 4 N–H and O–H groups in total. The number of anilines is 2. The summed E-state index contributed by atoms with van der Waals surface area (Å²) in [7, 11) is 1.80. The molecule has 6 nitrogen and oxygen atoms in total. The third-order valence-electron chi connectivity index (χ3n) is 3.51. The van der Waals surface area contributed by atoms with E-state index in [1.54, 1.807) is 19.4 Å². The predicted molar refractivity (Wildman–Crippen MR) is 102 cm³/mol. The zero-order valence-electron chi connectivity index (χ0n) is 13.2. The number of H-pyrrole nitrogens is 1. The summed E-state index contributed by atoms with van der Waals surface area (Å²) in [6.07, 6.45) is 6.71. The molecule has 0 aliphatic heterocycles. The Morgan fingerprint density at radius 3 is 2.92 bits per heavy atom. The van der Waals surface area contributed by atoms with Gasteiger partial charge >= 0.3 is 0 Å². The topological polar surface area (TPSA) is 89.5 Å². The van der Waals surface area contributed by atoms with Crippen LogP contribution in [0.1, 0.15) is 11.1 Å². The lowest BCUT2D eigenvalue weighted by Crippen LogP contribution is -1.99. The number of aromatic nitrogens is 3. The lowest BCUT2D eigenvalue weighted by Gasteiger charge is -2.06. The maximum Gasteiger partial charge on any atom is 0.132 e. The number of nitrogens with zero attached hydrogens (tertiary/aromatic N) is 2. The number of hydrogen-bond acceptors (Lipinski definition) is 6. The highest BCUT2D eigenvalue weighted by molar-refractivity contribution is 7.79. The lowest BCUT2D eigenvalue weighted by atomic mass is 10.1. The molecule has 3 aromatic heterocycles. The molecule has 0 radical (unpaired) electrons. The number of nitrogens with one attached hydrogen (secondary N) is 4. The molecule has 0 aromatic carbocycles. The molecule has 3 heterocycles. The van der Waals surface area contributed by atoms with Crippen molar-refractivity contribution in [2.24, 2.45) is 0 Å². The minimum atomic E-state index is 0.681. The molecule has 0 saturated heterocycles. The number of aromatic amines is 1. The molecule has 3 rings (SSSR count). The van der Waals surface area contributed by atoms with Crippen molar-refractivity contribution in [2.45, 2.75) is 5.75 Å². The van der Waals surface area contributed by atoms with Gasteiger partial charge in [-0.05, 0) is 29.8 Å². The van der Waals surface area contributed by atoms with E-state index in [1.165, 1.54) is 6.21 Å². The van der Waals surface area contributed by atoms with E-state index in [0.29, 0.717) is 5.75 Å². The molecule has 0 atom stereocenters. The van der Waals surface area contributed by atoms with Crippen molar-refractivity contribution in [3.8, 4) is 0 Å². The lowest BCUT2D eigenvalue weighted by molar-refractivity contribution is 1.11. The van der Waals surface area contributed by atoms with E-state index in [1.807, 2.05) is 30.5 Å². The summed E-state index contributed by atoms with van der Waals surface area (Å²) < 4.78 is 0. The van der Waals surface area contributed by atoms with Crippen LogP contribution in [0.15, 0.2) is 42.9 Å². The molecule has 0 aliphatic carbocycles. The van der Waals surface area contributed by atoms with Gasteiger partial charge in [0.25, 0.3) is 0 Å². The van der Waals surface area contributed by atoms with Gasteiger partial charge in [-0.25, -0.2) is 4.98 Å². The van der Waals surface area contributed by atoms with E-state index in [2.05, 4.69) is 38.2 Å². The van der Waals surface area contributed by atoms with Crippen LogP contribution < -0.4 is 10.6 Å². The quantitative estimate of drug-likeness (QED) is 0.352. The number of hydrogen-bond donors (Lipinski definition) is 5. The number of fused-ring (bicyclic) bond motifs is 1. The smallest absolute Gasteiger partial charge is 0.132 e. The maximum absolute atomic E-state index is 7.52. The molecule has 0 saturated carbocycles. The minimum Gasteiger partial charge on any atom is -0.393 e. The van der Waals surface area contributed by atoms with Crippen molar-refractivity contribution in [2.75, 3.05) is 12.4 Å². The Morgan fingerprint density at radius 1 is 1.33 bits per heavy atom. The van der Waals surface area contributed by atoms with Gasteiger partial charge in [0.05, 0.1) is 11.0 Å². The SMILES string of the molecule is CN/C=C(\C=N)c1cnc2ccc(Nc3cc(CS)c[nH]3)nc2c1. The average Bonchev–Trinajstić information content (AvgIpc) is 3.06. The van der Waals surface area contributed by atoms with E-state index in [9.17, 15) is 0 Å². The fourth-order valence-corrected chi connectivity index (χ4v) is 2.52. The first-order valence-electron chi connectivity index (χ1n) is 7.43. The van der Waals surface area contributed by atoms with Crippen molar-refractivity contribution >= 4 is 47.1 Å². The van der Waals surface area contributed by atoms with Crippen molar-refractivity contribution in [1.29, 1.82) is 5.41 Å². The minimum absolute atomic E-state index is 0.681. The summed E-state index contributed by atoms with van der Waals surface area (Å²) in [6.45, 7) is 0. The molecule has 122 valence electrons. The zero-order chi connectivity index (χ0) is 16.9. The highest BCUT2D eigenvalue weighted by Gasteiger charge is 2.05. The van der Waals surface area contributed by atoms with E-state index in [4.69, 9.17) is 5.41 Å². The molecule has 0 amide bonds. The highest BCUT2D eigenvalue weighted by atomic mass is 32.1. The van der Waals surface area contributed by atoms with Crippen molar-refractivity contribution in [3.05, 3.63) is 54.0 Å². The van der Waals surface area contributed by atoms with Gasteiger partial charge < -0.3 is 21.0 Å². The Morgan fingerprint density at radius 2 is 2.21 bits per heavy atom. The zero-order valence-corrected chi connectivity index (χ0v) is 14.1. The second-order valence-corrected chi connectivity index (χ2v) is 5.51. The van der Waals surface area contributed by atoms with Gasteiger partial charge in [-0.1, -0.05) is 0 Å². The van der Waals surface area contributed by atoms with Crippen LogP contribution in [0.3, 0.4) is 0 Å². The van der Waals surface area contributed by atoms with Crippen LogP contribution >= 0.6 is 12.6 Å². The fourth-order valence-electron chi connectivity index (χ4n) is 2.34. The number of thiol groups is 1. The van der Waals surface area contributed by atoms with Gasteiger partial charge in [0.15, 0.2) is 0 Å².